The number of nitrogens with zero attached hydrogens (tertiary/aromatic N) is 2. The van der Waals surface area contributed by atoms with Gasteiger partial charge in [0.05, 0.1) is 11.8 Å². The molecule has 1 saturated heterocycles. The number of sulfonamides is 1. The van der Waals surface area contributed by atoms with E-state index in [1.54, 1.807) is 0 Å². The molecular formula is C23H29Cl3N2O3S. The molecule has 4 aliphatic rings. The molecule has 4 atom stereocenters. The second-order valence-electron chi connectivity index (χ2n) is 9.71. The van der Waals surface area contributed by atoms with Gasteiger partial charge in [-0.05, 0) is 49.1 Å². The molecule has 5 nitrogen and oxygen atoms in total. The lowest BCUT2D eigenvalue weighted by Crippen LogP contribution is -2.53. The fraction of sp³-hybridized carbons (Fsp3) is 0.609. The number of fused-ring (bicyclic) bond motifs is 1. The number of hydrogen-bond acceptors (Lipinski definition) is 4. The van der Waals surface area contributed by atoms with Crippen molar-refractivity contribution in [3.8, 4) is 0 Å². The molecule has 2 bridgehead atoms. The Bertz CT molecular complexity index is 996. The zero-order chi connectivity index (χ0) is 23.3. The van der Waals surface area contributed by atoms with E-state index in [1.807, 2.05) is 41.3 Å². The van der Waals surface area contributed by atoms with E-state index in [-0.39, 0.29) is 28.5 Å². The summed E-state index contributed by atoms with van der Waals surface area (Å²) < 4.78 is 27.1. The Morgan fingerprint density at radius 3 is 2.41 bits per heavy atom. The summed E-state index contributed by atoms with van der Waals surface area (Å²) in [7, 11) is -3.58. The number of para-hydroxylation sites is 1. The minimum atomic E-state index is -3.58. The van der Waals surface area contributed by atoms with E-state index >= 15 is 0 Å². The van der Waals surface area contributed by atoms with Crippen LogP contribution < -0.4 is 4.90 Å². The maximum atomic E-state index is 13.7. The third-order valence-electron chi connectivity index (χ3n) is 8.21. The number of benzene rings is 1. The van der Waals surface area contributed by atoms with Crippen LogP contribution in [0.5, 0.6) is 0 Å². The lowest BCUT2D eigenvalue weighted by atomic mass is 9.69. The van der Waals surface area contributed by atoms with Crippen LogP contribution in [0, 0.1) is 16.7 Å². The predicted octanol–water partition coefficient (Wildman–Crippen LogP) is 5.17. The van der Waals surface area contributed by atoms with Gasteiger partial charge < -0.3 is 4.90 Å². The summed E-state index contributed by atoms with van der Waals surface area (Å²) in [6.07, 6.45) is 7.44. The number of rotatable bonds is 2. The van der Waals surface area contributed by atoms with Crippen molar-refractivity contribution in [3.63, 3.8) is 0 Å². The highest BCUT2D eigenvalue weighted by atomic mass is 35.6. The molecule has 0 unspecified atom stereocenters. The van der Waals surface area contributed by atoms with Crippen LogP contribution >= 0.6 is 34.8 Å². The summed E-state index contributed by atoms with van der Waals surface area (Å²) in [5.41, 5.74) is 0.671. The standard InChI is InChI=1S/C22H28N2O3S.CHCl3/c1-21(2)16-11-12-22(21)15-28(26,27)24(19(22)14-16)20(25)18-10-6-7-13-23(18)17-8-4-3-5-9-17;2-1(3)4/h3-9,16,18-19H,10-15H2,1-2H3;1H/t16-,18+,19-,22-;/m1./s1. The number of alkyl halides is 3. The quantitative estimate of drug-likeness (QED) is 0.399. The van der Waals surface area contributed by atoms with Crippen molar-refractivity contribution in [1.82, 2.24) is 4.31 Å². The van der Waals surface area contributed by atoms with E-state index in [9.17, 15) is 13.2 Å². The highest BCUT2D eigenvalue weighted by Gasteiger charge is 2.72. The number of carbonyl (C=O) groups is 1. The Balaban J connectivity index is 0.000000567. The Kier molecular flexibility index (Phi) is 6.56. The lowest BCUT2D eigenvalue weighted by Gasteiger charge is -2.39. The Hall–Kier alpha value is -0.950. The summed E-state index contributed by atoms with van der Waals surface area (Å²) in [6, 6.07) is 9.21. The molecule has 1 amide bonds. The molecule has 2 aliphatic carbocycles. The maximum Gasteiger partial charge on any atom is 0.259 e. The monoisotopic (exact) mass is 518 g/mol. The van der Waals surface area contributed by atoms with E-state index < -0.39 is 20.4 Å². The van der Waals surface area contributed by atoms with Gasteiger partial charge in [-0.3, -0.25) is 4.79 Å². The molecule has 1 aromatic carbocycles. The smallest absolute Gasteiger partial charge is 0.259 e. The van der Waals surface area contributed by atoms with E-state index in [0.29, 0.717) is 18.9 Å². The van der Waals surface area contributed by atoms with Gasteiger partial charge in [-0.25, -0.2) is 12.7 Å². The number of hydrogen-bond donors (Lipinski definition) is 0. The van der Waals surface area contributed by atoms with Crippen LogP contribution in [0.15, 0.2) is 42.5 Å². The van der Waals surface area contributed by atoms with Crippen molar-refractivity contribution < 1.29 is 13.2 Å². The van der Waals surface area contributed by atoms with Crippen molar-refractivity contribution in [3.05, 3.63) is 42.5 Å². The molecule has 5 rings (SSSR count). The second kappa shape index (κ2) is 8.68. The van der Waals surface area contributed by atoms with Crippen LogP contribution in [0.25, 0.3) is 0 Å². The second-order valence-corrected chi connectivity index (χ2v) is 13.5. The fourth-order valence-corrected chi connectivity index (χ4v) is 9.10. The molecule has 2 heterocycles. The molecule has 2 saturated carbocycles. The van der Waals surface area contributed by atoms with Gasteiger partial charge in [-0.1, -0.05) is 79.0 Å². The van der Waals surface area contributed by atoms with Crippen molar-refractivity contribution >= 4 is 56.4 Å². The zero-order valence-corrected chi connectivity index (χ0v) is 21.3. The van der Waals surface area contributed by atoms with Gasteiger partial charge in [-0.15, -0.1) is 0 Å². The molecule has 3 fully saturated rings. The van der Waals surface area contributed by atoms with Crippen LogP contribution in [-0.2, 0) is 14.8 Å². The van der Waals surface area contributed by atoms with E-state index in [0.717, 1.165) is 24.9 Å². The van der Waals surface area contributed by atoms with Crippen molar-refractivity contribution in [2.75, 3.05) is 17.2 Å². The number of carbonyl (C=O) groups excluding carboxylic acids is 1. The molecular weight excluding hydrogens is 491 g/mol. The average molecular weight is 520 g/mol. The van der Waals surface area contributed by atoms with Crippen LogP contribution in [0.4, 0.5) is 5.69 Å². The zero-order valence-electron chi connectivity index (χ0n) is 18.3. The van der Waals surface area contributed by atoms with Gasteiger partial charge in [0, 0.05) is 17.6 Å². The van der Waals surface area contributed by atoms with Crippen LogP contribution in [0.1, 0.15) is 39.5 Å². The first-order valence-electron chi connectivity index (χ1n) is 11.0. The van der Waals surface area contributed by atoms with Gasteiger partial charge in [0.2, 0.25) is 10.0 Å². The molecule has 176 valence electrons. The lowest BCUT2D eigenvalue weighted by molar-refractivity contribution is -0.130. The number of halogens is 3. The fourth-order valence-electron chi connectivity index (χ4n) is 6.53. The summed E-state index contributed by atoms with van der Waals surface area (Å²) in [5.74, 6) is 0.409. The minimum Gasteiger partial charge on any atom is -0.355 e. The Morgan fingerprint density at radius 2 is 1.78 bits per heavy atom. The Morgan fingerprint density at radius 1 is 1.12 bits per heavy atom. The van der Waals surface area contributed by atoms with Gasteiger partial charge in [0.1, 0.15) is 6.04 Å². The largest absolute Gasteiger partial charge is 0.355 e. The summed E-state index contributed by atoms with van der Waals surface area (Å²) in [4.78, 5) is 15.7. The third kappa shape index (κ3) is 3.85. The number of amides is 1. The van der Waals surface area contributed by atoms with E-state index in [4.69, 9.17) is 34.8 Å². The molecule has 1 aromatic rings. The first-order chi connectivity index (χ1) is 15.0. The maximum absolute atomic E-state index is 13.7. The molecule has 0 aromatic heterocycles. The normalized spacial score (nSPS) is 33.8. The van der Waals surface area contributed by atoms with Crippen LogP contribution in [0.2, 0.25) is 0 Å². The molecule has 0 radical (unpaired) electrons. The predicted molar refractivity (Wildman–Crippen MR) is 131 cm³/mol. The number of anilines is 1. The average Bonchev–Trinajstić information content (AvgIpc) is 3.21. The summed E-state index contributed by atoms with van der Waals surface area (Å²) in [5, 5.41) is 0. The van der Waals surface area contributed by atoms with Crippen molar-refractivity contribution in [2.45, 2.75) is 55.9 Å². The van der Waals surface area contributed by atoms with Gasteiger partial charge in [-0.2, -0.15) is 0 Å². The Labute approximate surface area is 205 Å². The van der Waals surface area contributed by atoms with Crippen molar-refractivity contribution in [2.24, 2.45) is 16.7 Å². The van der Waals surface area contributed by atoms with Gasteiger partial charge >= 0.3 is 0 Å². The first-order valence-corrected chi connectivity index (χ1v) is 13.9. The molecule has 1 spiro atoms. The molecule has 0 N–H and O–H groups in total. The molecule has 9 heteroatoms. The van der Waals surface area contributed by atoms with E-state index in [1.165, 1.54) is 4.31 Å². The van der Waals surface area contributed by atoms with Crippen molar-refractivity contribution in [1.29, 1.82) is 0 Å². The topological polar surface area (TPSA) is 57.7 Å². The minimum absolute atomic E-state index is 0.0225. The SMILES string of the molecule is CC1(C)[C@@H]2CC[C@]13CS(=O)(=O)N(C(=O)[C@@H]1CC=CCN1c1ccccc1)[C@@H]3C2.ClC(Cl)Cl. The van der Waals surface area contributed by atoms with Crippen LogP contribution in [0.3, 0.4) is 0 Å². The van der Waals surface area contributed by atoms with Crippen LogP contribution in [-0.4, -0.2) is 47.3 Å². The highest BCUT2D eigenvalue weighted by Crippen LogP contribution is 2.70. The first kappa shape index (κ1) is 24.2. The van der Waals surface area contributed by atoms with Gasteiger partial charge in [0.15, 0.2) is 4.30 Å². The van der Waals surface area contributed by atoms with E-state index in [2.05, 4.69) is 19.9 Å². The molecule has 32 heavy (non-hydrogen) atoms. The highest BCUT2D eigenvalue weighted by molar-refractivity contribution is 7.90. The third-order valence-corrected chi connectivity index (χ3v) is 10.1. The molecule has 2 aliphatic heterocycles. The van der Waals surface area contributed by atoms with Gasteiger partial charge in [0.25, 0.3) is 5.91 Å². The summed E-state index contributed by atoms with van der Waals surface area (Å²) in [6.45, 7) is 5.06. The summed E-state index contributed by atoms with van der Waals surface area (Å²) >= 11 is 14.4.